The lowest BCUT2D eigenvalue weighted by Gasteiger charge is -2.47. The summed E-state index contributed by atoms with van der Waals surface area (Å²) < 4.78 is 0. The maximum atomic E-state index is 13.2. The zero-order valence-corrected chi connectivity index (χ0v) is 18.7. The van der Waals surface area contributed by atoms with E-state index in [9.17, 15) is 14.4 Å². The molecule has 0 aromatic heterocycles. The quantitative estimate of drug-likeness (QED) is 0.692. The summed E-state index contributed by atoms with van der Waals surface area (Å²) >= 11 is 0. The minimum atomic E-state index is -0.605. The van der Waals surface area contributed by atoms with Gasteiger partial charge >= 0.3 is 6.03 Å². The summed E-state index contributed by atoms with van der Waals surface area (Å²) in [6.45, 7) is 5.05. The maximum absolute atomic E-state index is 13.2. The first-order valence-electron chi connectivity index (χ1n) is 11.1. The van der Waals surface area contributed by atoms with Gasteiger partial charge in [-0.2, -0.15) is 0 Å². The number of rotatable bonds is 3. The Bertz CT molecular complexity index is 1020. The molecule has 4 amide bonds. The van der Waals surface area contributed by atoms with E-state index in [-0.39, 0.29) is 17.9 Å². The van der Waals surface area contributed by atoms with Gasteiger partial charge in [-0.25, -0.2) is 4.79 Å². The summed E-state index contributed by atoms with van der Waals surface area (Å²) in [5.41, 5.74) is 2.90. The van der Waals surface area contributed by atoms with Gasteiger partial charge < -0.3 is 15.5 Å². The van der Waals surface area contributed by atoms with E-state index in [1.165, 1.54) is 0 Å². The van der Waals surface area contributed by atoms with E-state index in [0.717, 1.165) is 30.5 Å². The molecule has 0 bridgehead atoms. The van der Waals surface area contributed by atoms with E-state index >= 15 is 0 Å². The summed E-state index contributed by atoms with van der Waals surface area (Å²) in [6.07, 6.45) is 1.76. The van der Waals surface area contributed by atoms with Crippen molar-refractivity contribution in [2.75, 3.05) is 18.9 Å². The van der Waals surface area contributed by atoms with Gasteiger partial charge in [0.05, 0.1) is 5.92 Å². The molecule has 7 heteroatoms. The van der Waals surface area contributed by atoms with E-state index < -0.39 is 11.9 Å². The van der Waals surface area contributed by atoms with Gasteiger partial charge in [0.15, 0.2) is 0 Å². The van der Waals surface area contributed by atoms with E-state index in [1.807, 2.05) is 31.0 Å². The van der Waals surface area contributed by atoms with E-state index in [2.05, 4.69) is 22.9 Å². The van der Waals surface area contributed by atoms with Gasteiger partial charge in [0, 0.05) is 36.9 Å². The molecule has 2 aromatic carbocycles. The largest absolute Gasteiger partial charge is 0.342 e. The molecule has 4 atom stereocenters. The van der Waals surface area contributed by atoms with E-state index in [1.54, 1.807) is 36.4 Å². The number of benzene rings is 2. The summed E-state index contributed by atoms with van der Waals surface area (Å²) in [7, 11) is 1.91. The number of aryl methyl sites for hydroxylation is 1. The standard InChI is InChI=1S/C25H30N4O3/c1-15-9-10-19(27-25(32)28-23(30)17-7-5-4-6-8-17)13-20(15)21-12-18-14-26-16(2)11-22(18)29(3)24(21)31/h4-10,13,16,18,21-22,26H,11-12,14H2,1-3H3,(H2,27,28,30,32). The van der Waals surface area contributed by atoms with Gasteiger partial charge in [0.25, 0.3) is 5.91 Å². The van der Waals surface area contributed by atoms with Crippen LogP contribution in [0, 0.1) is 12.8 Å². The second-order valence-corrected chi connectivity index (χ2v) is 8.96. The average molecular weight is 435 g/mol. The smallest absolute Gasteiger partial charge is 0.326 e. The van der Waals surface area contributed by atoms with Crippen LogP contribution in [0.25, 0.3) is 0 Å². The molecule has 0 saturated carbocycles. The summed E-state index contributed by atoms with van der Waals surface area (Å²) in [6, 6.07) is 14.2. The fourth-order valence-electron chi connectivity index (χ4n) is 4.93. The van der Waals surface area contributed by atoms with Crippen molar-refractivity contribution in [3.63, 3.8) is 0 Å². The molecule has 2 aliphatic heterocycles. The van der Waals surface area contributed by atoms with Gasteiger partial charge in [0.2, 0.25) is 5.91 Å². The lowest BCUT2D eigenvalue weighted by Crippen LogP contribution is -2.57. The molecule has 0 spiro atoms. The number of likely N-dealkylation sites (tertiary alicyclic amines) is 1. The molecule has 2 fully saturated rings. The lowest BCUT2D eigenvalue weighted by atomic mass is 9.75. The highest BCUT2D eigenvalue weighted by Gasteiger charge is 2.43. The summed E-state index contributed by atoms with van der Waals surface area (Å²) in [5, 5.41) is 8.61. The number of nitrogens with zero attached hydrogens (tertiary/aromatic N) is 1. The number of piperidine rings is 2. The third-order valence-corrected chi connectivity index (χ3v) is 6.72. The fourth-order valence-corrected chi connectivity index (χ4v) is 4.93. The van der Waals surface area contributed by atoms with Crippen molar-refractivity contribution >= 4 is 23.5 Å². The number of fused-ring (bicyclic) bond motifs is 1. The first-order chi connectivity index (χ1) is 15.3. The predicted molar refractivity (Wildman–Crippen MR) is 124 cm³/mol. The number of amides is 4. The topological polar surface area (TPSA) is 90.5 Å². The van der Waals surface area contributed by atoms with Crippen molar-refractivity contribution in [3.05, 3.63) is 65.2 Å². The van der Waals surface area contributed by atoms with Crippen LogP contribution in [0.2, 0.25) is 0 Å². The number of anilines is 1. The van der Waals surface area contributed by atoms with Crippen molar-refractivity contribution in [2.45, 2.75) is 44.7 Å². The Morgan fingerprint density at radius 3 is 2.59 bits per heavy atom. The molecule has 32 heavy (non-hydrogen) atoms. The van der Waals surface area contributed by atoms with Crippen molar-refractivity contribution in [3.8, 4) is 0 Å². The summed E-state index contributed by atoms with van der Waals surface area (Å²) in [4.78, 5) is 39.8. The number of carbonyl (C=O) groups excluding carboxylic acids is 3. The lowest BCUT2D eigenvalue weighted by molar-refractivity contribution is -0.140. The number of hydrogen-bond donors (Lipinski definition) is 3. The highest BCUT2D eigenvalue weighted by Crippen LogP contribution is 2.39. The Hall–Kier alpha value is -3.19. The first-order valence-corrected chi connectivity index (χ1v) is 11.1. The van der Waals surface area contributed by atoms with Crippen LogP contribution in [-0.2, 0) is 4.79 Å². The van der Waals surface area contributed by atoms with E-state index in [0.29, 0.717) is 23.2 Å². The monoisotopic (exact) mass is 434 g/mol. The molecule has 7 nitrogen and oxygen atoms in total. The van der Waals surface area contributed by atoms with Crippen LogP contribution >= 0.6 is 0 Å². The van der Waals surface area contributed by atoms with Crippen molar-refractivity contribution in [1.29, 1.82) is 0 Å². The number of carbonyl (C=O) groups is 3. The molecule has 2 aromatic rings. The average Bonchev–Trinajstić information content (AvgIpc) is 2.78. The van der Waals surface area contributed by atoms with Crippen molar-refractivity contribution in [1.82, 2.24) is 15.5 Å². The summed E-state index contributed by atoms with van der Waals surface area (Å²) in [5.74, 6) is -0.178. The SMILES string of the molecule is Cc1ccc(NC(=O)NC(=O)c2ccccc2)cc1C1CC2CNC(C)CC2N(C)C1=O. The molecule has 4 rings (SSSR count). The predicted octanol–water partition coefficient (Wildman–Crippen LogP) is 3.27. The Morgan fingerprint density at radius 1 is 1.09 bits per heavy atom. The number of hydrogen-bond acceptors (Lipinski definition) is 4. The van der Waals surface area contributed by atoms with Crippen LogP contribution in [0.15, 0.2) is 48.5 Å². The zero-order valence-electron chi connectivity index (χ0n) is 18.7. The van der Waals surface area contributed by atoms with Crippen molar-refractivity contribution in [2.24, 2.45) is 5.92 Å². The van der Waals surface area contributed by atoms with Crippen LogP contribution in [0.1, 0.15) is 47.2 Å². The second kappa shape index (κ2) is 9.12. The second-order valence-electron chi connectivity index (χ2n) is 8.96. The van der Waals surface area contributed by atoms with Gasteiger partial charge in [-0.1, -0.05) is 24.3 Å². The van der Waals surface area contributed by atoms with Crippen molar-refractivity contribution < 1.29 is 14.4 Å². The molecule has 168 valence electrons. The van der Waals surface area contributed by atoms with Crippen LogP contribution in [0.4, 0.5) is 10.5 Å². The highest BCUT2D eigenvalue weighted by molar-refractivity contribution is 6.08. The van der Waals surface area contributed by atoms with Crippen LogP contribution in [0.5, 0.6) is 0 Å². The molecule has 3 N–H and O–H groups in total. The number of imide groups is 1. The zero-order chi connectivity index (χ0) is 22.8. The minimum Gasteiger partial charge on any atom is -0.342 e. The Balaban J connectivity index is 1.48. The molecule has 2 heterocycles. The molecule has 2 aliphatic rings. The van der Waals surface area contributed by atoms with E-state index in [4.69, 9.17) is 0 Å². The number of urea groups is 1. The Labute approximate surface area is 188 Å². The van der Waals surface area contributed by atoms with Gasteiger partial charge in [-0.3, -0.25) is 14.9 Å². The van der Waals surface area contributed by atoms with Gasteiger partial charge in [-0.15, -0.1) is 0 Å². The minimum absolute atomic E-state index is 0.129. The third kappa shape index (κ3) is 4.53. The molecular weight excluding hydrogens is 404 g/mol. The van der Waals surface area contributed by atoms with Crippen LogP contribution < -0.4 is 16.0 Å². The first kappa shape index (κ1) is 22.0. The molecule has 2 saturated heterocycles. The molecule has 0 radical (unpaired) electrons. The van der Waals surface area contributed by atoms with Crippen LogP contribution in [-0.4, -0.2) is 48.4 Å². The van der Waals surface area contributed by atoms with Gasteiger partial charge in [0.1, 0.15) is 0 Å². The Morgan fingerprint density at radius 2 is 1.84 bits per heavy atom. The van der Waals surface area contributed by atoms with Gasteiger partial charge in [-0.05, 0) is 68.0 Å². The number of nitrogens with one attached hydrogen (secondary N) is 3. The fraction of sp³-hybridized carbons (Fsp3) is 0.400. The molecule has 4 unspecified atom stereocenters. The molecule has 0 aliphatic carbocycles. The Kier molecular flexibility index (Phi) is 6.28. The number of likely N-dealkylation sites (N-methyl/N-ethyl adjacent to an activating group) is 1. The maximum Gasteiger partial charge on any atom is 0.326 e. The normalized spacial score (nSPS) is 25.1. The van der Waals surface area contributed by atoms with Crippen LogP contribution in [0.3, 0.4) is 0 Å². The third-order valence-electron chi connectivity index (χ3n) is 6.72. The molecular formula is C25H30N4O3. The highest BCUT2D eigenvalue weighted by atomic mass is 16.2.